The van der Waals surface area contributed by atoms with Gasteiger partial charge in [-0.05, 0) is 36.8 Å². The molecule has 0 bridgehead atoms. The molecule has 2 aromatic carbocycles. The maximum absolute atomic E-state index is 13.1. The molecule has 0 saturated heterocycles. The predicted molar refractivity (Wildman–Crippen MR) is 92.5 cm³/mol. The number of esters is 1. The number of Topliss-reactive ketones (excluding diaryl/α,β-unsaturated/α-hetero) is 1. The number of sulfonamides is 1. The van der Waals surface area contributed by atoms with Gasteiger partial charge in [-0.2, -0.15) is 0 Å². The molecule has 6 nitrogen and oxygen atoms in total. The summed E-state index contributed by atoms with van der Waals surface area (Å²) in [7, 11) is -2.84. The SMILES string of the molecule is COC(=O)C[C@@H](NS(=O)(=O)c1cccc(C(C)=O)c1)c1ccc(F)cc1. The number of nitrogens with one attached hydrogen (secondary N) is 1. The van der Waals surface area contributed by atoms with E-state index in [2.05, 4.69) is 9.46 Å². The Bertz CT molecular complexity index is 909. The topological polar surface area (TPSA) is 89.5 Å². The third kappa shape index (κ3) is 4.96. The summed E-state index contributed by atoms with van der Waals surface area (Å²) in [6.45, 7) is 1.33. The highest BCUT2D eigenvalue weighted by atomic mass is 32.2. The number of carbonyl (C=O) groups is 2. The van der Waals surface area contributed by atoms with Gasteiger partial charge in [0.25, 0.3) is 0 Å². The van der Waals surface area contributed by atoms with Crippen molar-refractivity contribution in [1.82, 2.24) is 4.72 Å². The molecule has 1 atom stereocenters. The Kier molecular flexibility index (Phi) is 6.23. The molecule has 0 aliphatic heterocycles. The van der Waals surface area contributed by atoms with Gasteiger partial charge in [-0.25, -0.2) is 17.5 Å². The van der Waals surface area contributed by atoms with E-state index in [4.69, 9.17) is 0 Å². The summed E-state index contributed by atoms with van der Waals surface area (Å²) in [6.07, 6.45) is -0.270. The molecule has 0 radical (unpaired) electrons. The fraction of sp³-hybridized carbons (Fsp3) is 0.222. The summed E-state index contributed by atoms with van der Waals surface area (Å²) in [6, 6.07) is 9.73. The van der Waals surface area contributed by atoms with Crippen molar-refractivity contribution in [2.45, 2.75) is 24.3 Å². The first-order valence-electron chi connectivity index (χ1n) is 7.68. The van der Waals surface area contributed by atoms with E-state index in [9.17, 15) is 22.4 Å². The second kappa shape index (κ2) is 8.20. The Morgan fingerprint density at radius 1 is 1.15 bits per heavy atom. The number of rotatable bonds is 7. The molecule has 2 rings (SSSR count). The molecule has 0 aromatic heterocycles. The number of halogens is 1. The van der Waals surface area contributed by atoms with Crippen molar-refractivity contribution in [1.29, 1.82) is 0 Å². The second-order valence-electron chi connectivity index (χ2n) is 5.59. The first kappa shape index (κ1) is 19.7. The highest BCUT2D eigenvalue weighted by Crippen LogP contribution is 2.22. The van der Waals surface area contributed by atoms with Gasteiger partial charge < -0.3 is 4.74 Å². The highest BCUT2D eigenvalue weighted by Gasteiger charge is 2.24. The van der Waals surface area contributed by atoms with E-state index in [1.54, 1.807) is 0 Å². The van der Waals surface area contributed by atoms with Crippen molar-refractivity contribution in [3.8, 4) is 0 Å². The van der Waals surface area contributed by atoms with Crippen LogP contribution >= 0.6 is 0 Å². The third-order valence-corrected chi connectivity index (χ3v) is 5.19. The zero-order valence-electron chi connectivity index (χ0n) is 14.2. The Morgan fingerprint density at radius 3 is 2.38 bits per heavy atom. The van der Waals surface area contributed by atoms with Gasteiger partial charge in [0.15, 0.2) is 5.78 Å². The Morgan fingerprint density at radius 2 is 1.81 bits per heavy atom. The number of methoxy groups -OCH3 is 1. The van der Waals surface area contributed by atoms with Crippen LogP contribution in [0, 0.1) is 5.82 Å². The predicted octanol–water partition coefficient (Wildman–Crippen LogP) is 2.61. The van der Waals surface area contributed by atoms with Crippen LogP contribution in [0.25, 0.3) is 0 Å². The Hall–Kier alpha value is -2.58. The largest absolute Gasteiger partial charge is 0.469 e. The summed E-state index contributed by atoms with van der Waals surface area (Å²) in [5.41, 5.74) is 0.655. The normalized spacial score (nSPS) is 12.4. The van der Waals surface area contributed by atoms with Crippen molar-refractivity contribution in [3.63, 3.8) is 0 Å². The highest BCUT2D eigenvalue weighted by molar-refractivity contribution is 7.89. The minimum Gasteiger partial charge on any atom is -0.469 e. The maximum atomic E-state index is 13.1. The van der Waals surface area contributed by atoms with E-state index >= 15 is 0 Å². The van der Waals surface area contributed by atoms with Crippen LogP contribution in [0.4, 0.5) is 4.39 Å². The summed E-state index contributed by atoms with van der Waals surface area (Å²) >= 11 is 0. The van der Waals surface area contributed by atoms with E-state index in [0.717, 1.165) is 0 Å². The molecule has 2 aromatic rings. The average Bonchev–Trinajstić information content (AvgIpc) is 2.61. The zero-order chi connectivity index (χ0) is 19.3. The summed E-state index contributed by atoms with van der Waals surface area (Å²) < 4.78 is 45.5. The minimum absolute atomic E-state index is 0.109. The lowest BCUT2D eigenvalue weighted by Gasteiger charge is -2.18. The molecule has 0 amide bonds. The first-order valence-corrected chi connectivity index (χ1v) is 9.17. The molecule has 138 valence electrons. The van der Waals surface area contributed by atoms with Gasteiger partial charge in [-0.15, -0.1) is 0 Å². The van der Waals surface area contributed by atoms with E-state index < -0.39 is 27.9 Å². The van der Waals surface area contributed by atoms with Crippen LogP contribution in [0.3, 0.4) is 0 Å². The number of benzene rings is 2. The van der Waals surface area contributed by atoms with Gasteiger partial charge in [0.2, 0.25) is 10.0 Å². The van der Waals surface area contributed by atoms with Crippen LogP contribution in [0.5, 0.6) is 0 Å². The Balaban J connectivity index is 2.36. The molecule has 0 aliphatic carbocycles. The fourth-order valence-electron chi connectivity index (χ4n) is 2.31. The number of ether oxygens (including phenoxy) is 1. The minimum atomic E-state index is -4.03. The quantitative estimate of drug-likeness (QED) is 0.590. The molecule has 0 heterocycles. The standard InChI is InChI=1S/C18H18FNO5S/c1-12(21)14-4-3-5-16(10-14)26(23,24)20-17(11-18(22)25-2)13-6-8-15(19)9-7-13/h3-10,17,20H,11H2,1-2H3/t17-/m1/s1. The molecule has 0 spiro atoms. The lowest BCUT2D eigenvalue weighted by molar-refractivity contribution is -0.141. The molecule has 0 aliphatic rings. The number of hydrogen-bond donors (Lipinski definition) is 1. The van der Waals surface area contributed by atoms with Crippen LogP contribution in [0.15, 0.2) is 53.4 Å². The lowest BCUT2D eigenvalue weighted by atomic mass is 10.1. The molecular weight excluding hydrogens is 361 g/mol. The van der Waals surface area contributed by atoms with Gasteiger partial charge in [-0.3, -0.25) is 9.59 Å². The van der Waals surface area contributed by atoms with Crippen molar-refractivity contribution in [2.24, 2.45) is 0 Å². The molecule has 8 heteroatoms. The maximum Gasteiger partial charge on any atom is 0.307 e. The second-order valence-corrected chi connectivity index (χ2v) is 7.30. The smallest absolute Gasteiger partial charge is 0.307 e. The van der Waals surface area contributed by atoms with Crippen LogP contribution in [-0.2, 0) is 19.6 Å². The Labute approximate surface area is 151 Å². The third-order valence-electron chi connectivity index (χ3n) is 3.72. The van der Waals surface area contributed by atoms with E-state index in [0.29, 0.717) is 5.56 Å². The first-order chi connectivity index (χ1) is 12.2. The molecular formula is C18H18FNO5S. The van der Waals surface area contributed by atoms with Crippen molar-refractivity contribution < 1.29 is 27.1 Å². The van der Waals surface area contributed by atoms with Gasteiger partial charge in [0.05, 0.1) is 24.5 Å². The number of carbonyl (C=O) groups excluding carboxylic acids is 2. The van der Waals surface area contributed by atoms with Crippen LogP contribution in [0.2, 0.25) is 0 Å². The van der Waals surface area contributed by atoms with Gasteiger partial charge >= 0.3 is 5.97 Å². The number of hydrogen-bond acceptors (Lipinski definition) is 5. The van der Waals surface area contributed by atoms with Crippen LogP contribution < -0.4 is 4.72 Å². The van der Waals surface area contributed by atoms with Crippen molar-refractivity contribution in [3.05, 3.63) is 65.5 Å². The molecule has 1 N–H and O–H groups in total. The summed E-state index contributed by atoms with van der Waals surface area (Å²) in [5, 5.41) is 0. The lowest BCUT2D eigenvalue weighted by Crippen LogP contribution is -2.30. The van der Waals surface area contributed by atoms with Crippen molar-refractivity contribution >= 4 is 21.8 Å². The van der Waals surface area contributed by atoms with Crippen molar-refractivity contribution in [2.75, 3.05) is 7.11 Å². The van der Waals surface area contributed by atoms with Gasteiger partial charge in [-0.1, -0.05) is 24.3 Å². The molecule has 0 fully saturated rings. The van der Waals surface area contributed by atoms with E-state index in [-0.39, 0.29) is 22.7 Å². The zero-order valence-corrected chi connectivity index (χ0v) is 15.0. The van der Waals surface area contributed by atoms with Gasteiger partial charge in [0.1, 0.15) is 5.82 Å². The van der Waals surface area contributed by atoms with Gasteiger partial charge in [0, 0.05) is 5.56 Å². The fourth-order valence-corrected chi connectivity index (χ4v) is 3.58. The van der Waals surface area contributed by atoms with E-state index in [1.807, 2.05) is 0 Å². The average molecular weight is 379 g/mol. The molecule has 0 saturated carbocycles. The number of ketones is 1. The van der Waals surface area contributed by atoms with E-state index in [1.165, 1.54) is 62.6 Å². The van der Waals surface area contributed by atoms with Crippen LogP contribution in [0.1, 0.15) is 35.3 Å². The summed E-state index contributed by atoms with van der Waals surface area (Å²) in [5.74, 6) is -1.38. The van der Waals surface area contributed by atoms with Crippen LogP contribution in [-0.4, -0.2) is 27.3 Å². The monoisotopic (exact) mass is 379 g/mol. The molecule has 26 heavy (non-hydrogen) atoms. The summed E-state index contributed by atoms with van der Waals surface area (Å²) in [4.78, 5) is 23.0. The molecule has 0 unspecified atom stereocenters.